The summed E-state index contributed by atoms with van der Waals surface area (Å²) in [5, 5.41) is 21.2. The van der Waals surface area contributed by atoms with E-state index >= 15 is 0 Å². The van der Waals surface area contributed by atoms with E-state index in [-0.39, 0.29) is 12.1 Å². The van der Waals surface area contributed by atoms with Crippen molar-refractivity contribution >= 4 is 11.4 Å². The molecule has 1 aromatic heterocycles. The third-order valence-electron chi connectivity index (χ3n) is 2.76. The number of nitro groups is 2. The molecule has 2 rings (SSSR count). The summed E-state index contributed by atoms with van der Waals surface area (Å²) in [5.41, 5.74) is -1.83. The van der Waals surface area contributed by atoms with E-state index in [1.165, 1.54) is 18.3 Å². The summed E-state index contributed by atoms with van der Waals surface area (Å²) in [5.74, 6) is -1.03. The number of benzene rings is 1. The van der Waals surface area contributed by atoms with Gasteiger partial charge in [0.15, 0.2) is 0 Å². The Morgan fingerprint density at radius 2 is 1.76 bits per heavy atom. The molecule has 0 amide bonds. The van der Waals surface area contributed by atoms with Crippen LogP contribution in [0.25, 0.3) is 0 Å². The van der Waals surface area contributed by atoms with Crippen molar-refractivity contribution in [3.05, 3.63) is 78.5 Å². The van der Waals surface area contributed by atoms with Gasteiger partial charge in [-0.15, -0.1) is 0 Å². The monoisotopic (exact) mass is 293 g/mol. The number of nitrogens with zero attached hydrogens (tertiary/aromatic N) is 3. The van der Waals surface area contributed by atoms with Crippen LogP contribution >= 0.6 is 0 Å². The first-order valence-electron chi connectivity index (χ1n) is 5.67. The number of aromatic nitrogens is 1. The van der Waals surface area contributed by atoms with Gasteiger partial charge in [0.1, 0.15) is 0 Å². The second-order valence-electron chi connectivity index (χ2n) is 4.13. The summed E-state index contributed by atoms with van der Waals surface area (Å²) in [7, 11) is 0. The number of pyridine rings is 1. The fourth-order valence-corrected chi connectivity index (χ4v) is 1.78. The summed E-state index contributed by atoms with van der Waals surface area (Å²) in [4.78, 5) is 31.3. The molecule has 0 unspecified atom stereocenters. The first-order valence-corrected chi connectivity index (χ1v) is 5.67. The van der Waals surface area contributed by atoms with Crippen molar-refractivity contribution in [1.82, 2.24) is 4.57 Å². The van der Waals surface area contributed by atoms with Gasteiger partial charge in [-0.2, -0.15) is 4.39 Å². The SMILES string of the molecule is O=c1c([N+](=O)[O-])cccn1Cc1ccc([N+](=O)[O-])c(F)c1. The summed E-state index contributed by atoms with van der Waals surface area (Å²) < 4.78 is 14.5. The van der Waals surface area contributed by atoms with E-state index in [0.29, 0.717) is 0 Å². The molecule has 0 N–H and O–H groups in total. The van der Waals surface area contributed by atoms with E-state index < -0.39 is 32.6 Å². The maximum absolute atomic E-state index is 13.5. The third-order valence-corrected chi connectivity index (χ3v) is 2.76. The van der Waals surface area contributed by atoms with Crippen LogP contribution in [0.4, 0.5) is 15.8 Å². The molecule has 0 atom stereocenters. The van der Waals surface area contributed by atoms with Crippen LogP contribution in [0.1, 0.15) is 5.56 Å². The quantitative estimate of drug-likeness (QED) is 0.631. The molecule has 0 bridgehead atoms. The highest BCUT2D eigenvalue weighted by Crippen LogP contribution is 2.18. The molecule has 108 valence electrons. The van der Waals surface area contributed by atoms with Crippen LogP contribution in [0.15, 0.2) is 41.3 Å². The smallest absolute Gasteiger partial charge is 0.305 e. The average Bonchev–Trinajstić information content (AvgIpc) is 2.40. The Morgan fingerprint density at radius 3 is 2.33 bits per heavy atom. The van der Waals surface area contributed by atoms with Crippen LogP contribution < -0.4 is 5.56 Å². The van der Waals surface area contributed by atoms with Crippen molar-refractivity contribution in [3.8, 4) is 0 Å². The van der Waals surface area contributed by atoms with Crippen LogP contribution in [0, 0.1) is 26.0 Å². The van der Waals surface area contributed by atoms with Crippen molar-refractivity contribution in [2.45, 2.75) is 6.54 Å². The number of halogens is 1. The van der Waals surface area contributed by atoms with E-state index in [1.807, 2.05) is 0 Å². The Bertz CT molecular complexity index is 787. The number of nitro benzene ring substituents is 1. The maximum atomic E-state index is 13.5. The minimum absolute atomic E-state index is 0.130. The highest BCUT2D eigenvalue weighted by molar-refractivity contribution is 5.35. The summed E-state index contributed by atoms with van der Waals surface area (Å²) >= 11 is 0. The lowest BCUT2D eigenvalue weighted by Crippen LogP contribution is -2.22. The minimum atomic E-state index is -1.03. The van der Waals surface area contributed by atoms with Crippen LogP contribution in [0.5, 0.6) is 0 Å². The largest absolute Gasteiger partial charge is 0.334 e. The first kappa shape index (κ1) is 14.3. The van der Waals surface area contributed by atoms with Crippen LogP contribution in [0.2, 0.25) is 0 Å². The second kappa shape index (κ2) is 5.49. The van der Waals surface area contributed by atoms with Gasteiger partial charge in [0.25, 0.3) is 0 Å². The maximum Gasteiger partial charge on any atom is 0.334 e. The lowest BCUT2D eigenvalue weighted by molar-refractivity contribution is -0.387. The van der Waals surface area contributed by atoms with Gasteiger partial charge in [-0.05, 0) is 17.7 Å². The molecule has 1 heterocycles. The Balaban J connectivity index is 2.37. The first-order chi connectivity index (χ1) is 9.90. The van der Waals surface area contributed by atoms with Crippen LogP contribution in [0.3, 0.4) is 0 Å². The van der Waals surface area contributed by atoms with E-state index in [0.717, 1.165) is 22.8 Å². The molecule has 0 radical (unpaired) electrons. The molecule has 21 heavy (non-hydrogen) atoms. The summed E-state index contributed by atoms with van der Waals surface area (Å²) in [6.07, 6.45) is 1.31. The molecule has 0 aliphatic heterocycles. The van der Waals surface area contributed by atoms with Crippen LogP contribution in [-0.2, 0) is 6.54 Å². The average molecular weight is 293 g/mol. The molecule has 0 spiro atoms. The molecular weight excluding hydrogens is 285 g/mol. The van der Waals surface area contributed by atoms with Crippen molar-refractivity contribution in [3.63, 3.8) is 0 Å². The Labute approximate surface area is 116 Å². The van der Waals surface area contributed by atoms with Gasteiger partial charge in [0.05, 0.1) is 16.4 Å². The highest BCUT2D eigenvalue weighted by atomic mass is 19.1. The summed E-state index contributed by atoms with van der Waals surface area (Å²) in [6, 6.07) is 5.57. The van der Waals surface area contributed by atoms with Gasteiger partial charge in [-0.1, -0.05) is 6.07 Å². The molecule has 0 saturated carbocycles. The number of rotatable bonds is 4. The molecule has 0 aliphatic carbocycles. The van der Waals surface area contributed by atoms with Gasteiger partial charge >= 0.3 is 16.9 Å². The molecule has 0 aliphatic rings. The number of hydrogen-bond donors (Lipinski definition) is 0. The van der Waals surface area contributed by atoms with Crippen molar-refractivity contribution in [1.29, 1.82) is 0 Å². The lowest BCUT2D eigenvalue weighted by Gasteiger charge is -2.05. The zero-order chi connectivity index (χ0) is 15.6. The topological polar surface area (TPSA) is 108 Å². The Hall–Kier alpha value is -3.10. The predicted octanol–water partition coefficient (Wildman–Crippen LogP) is 1.85. The normalized spacial score (nSPS) is 10.3. The second-order valence-corrected chi connectivity index (χ2v) is 4.13. The van der Waals surface area contributed by atoms with Gasteiger partial charge < -0.3 is 4.57 Å². The zero-order valence-electron chi connectivity index (χ0n) is 10.4. The van der Waals surface area contributed by atoms with E-state index in [4.69, 9.17) is 0 Å². The van der Waals surface area contributed by atoms with E-state index in [2.05, 4.69) is 0 Å². The molecule has 0 saturated heterocycles. The molecule has 8 nitrogen and oxygen atoms in total. The van der Waals surface area contributed by atoms with Gasteiger partial charge in [0, 0.05) is 18.3 Å². The molecule has 9 heteroatoms. The number of hydrogen-bond acceptors (Lipinski definition) is 5. The zero-order valence-corrected chi connectivity index (χ0v) is 10.4. The van der Waals surface area contributed by atoms with Gasteiger partial charge in [-0.3, -0.25) is 25.0 Å². The fourth-order valence-electron chi connectivity index (χ4n) is 1.78. The third kappa shape index (κ3) is 2.91. The van der Waals surface area contributed by atoms with E-state index in [9.17, 15) is 29.4 Å². The highest BCUT2D eigenvalue weighted by Gasteiger charge is 2.16. The molecule has 2 aromatic rings. The minimum Gasteiger partial charge on any atom is -0.305 e. The Morgan fingerprint density at radius 1 is 1.10 bits per heavy atom. The van der Waals surface area contributed by atoms with E-state index in [1.54, 1.807) is 0 Å². The van der Waals surface area contributed by atoms with Crippen molar-refractivity contribution in [2.75, 3.05) is 0 Å². The molecule has 0 fully saturated rings. The Kier molecular flexibility index (Phi) is 3.74. The van der Waals surface area contributed by atoms with Crippen molar-refractivity contribution < 1.29 is 14.2 Å². The van der Waals surface area contributed by atoms with Gasteiger partial charge in [0.2, 0.25) is 5.82 Å². The van der Waals surface area contributed by atoms with Crippen molar-refractivity contribution in [2.24, 2.45) is 0 Å². The predicted molar refractivity (Wildman–Crippen MR) is 69.5 cm³/mol. The lowest BCUT2D eigenvalue weighted by atomic mass is 10.2. The van der Waals surface area contributed by atoms with Gasteiger partial charge in [-0.25, -0.2) is 0 Å². The summed E-state index contributed by atoms with van der Waals surface area (Å²) in [6.45, 7) is -0.130. The molecular formula is C12H8FN3O5. The van der Waals surface area contributed by atoms with Crippen LogP contribution in [-0.4, -0.2) is 14.4 Å². The fraction of sp³-hybridized carbons (Fsp3) is 0.0833. The standard InChI is InChI=1S/C12H8FN3O5/c13-9-6-8(3-4-10(9)15(18)19)7-14-5-1-2-11(12(14)17)16(20)21/h1-6H,7H2. The molecule has 1 aromatic carbocycles.